The monoisotopic (exact) mass is 354 g/mol. The third-order valence-electron chi connectivity index (χ3n) is 4.56. The average Bonchev–Trinajstić information content (AvgIpc) is 2.56. The van der Waals surface area contributed by atoms with E-state index in [-0.39, 0.29) is 5.57 Å². The van der Waals surface area contributed by atoms with Gasteiger partial charge in [0.2, 0.25) is 0 Å². The Bertz CT molecular complexity index is 374. The van der Waals surface area contributed by atoms with Crippen LogP contribution in [0.3, 0.4) is 0 Å². The number of allylic oxidation sites excluding steroid dienone is 1. The standard InChI is InChI=1S/C21H38O4/c1-2-3-4-5-6-7-8-9-10-11-12-13-14-15-16-17-19(21(24)25)18-20(22)23/h17H,2-16,18H2,1H3,(H,22,23)(H,24,25). The van der Waals surface area contributed by atoms with Crippen molar-refractivity contribution < 1.29 is 19.8 Å². The van der Waals surface area contributed by atoms with E-state index in [0.717, 1.165) is 12.8 Å². The highest BCUT2D eigenvalue weighted by Gasteiger charge is 2.10. The molecule has 0 heterocycles. The number of rotatable bonds is 18. The smallest absolute Gasteiger partial charge is 0.331 e. The maximum absolute atomic E-state index is 10.9. The third-order valence-corrected chi connectivity index (χ3v) is 4.56. The maximum Gasteiger partial charge on any atom is 0.331 e. The number of carboxylic acid groups (broad SMARTS) is 2. The molecule has 146 valence electrons. The van der Waals surface area contributed by atoms with Crippen molar-refractivity contribution in [3.8, 4) is 0 Å². The fourth-order valence-corrected chi connectivity index (χ4v) is 3.01. The van der Waals surface area contributed by atoms with Crippen molar-refractivity contribution in [2.75, 3.05) is 0 Å². The molecule has 0 spiro atoms. The van der Waals surface area contributed by atoms with Crippen LogP contribution in [0, 0.1) is 0 Å². The molecule has 0 aromatic heterocycles. The number of hydrogen-bond acceptors (Lipinski definition) is 2. The summed E-state index contributed by atoms with van der Waals surface area (Å²) in [5.74, 6) is -2.21. The molecule has 0 aromatic carbocycles. The Balaban J connectivity index is 3.38. The Labute approximate surface area is 153 Å². The highest BCUT2D eigenvalue weighted by atomic mass is 16.4. The van der Waals surface area contributed by atoms with E-state index in [9.17, 15) is 9.59 Å². The maximum atomic E-state index is 10.9. The summed E-state index contributed by atoms with van der Waals surface area (Å²) in [6.45, 7) is 2.25. The van der Waals surface area contributed by atoms with Crippen LogP contribution in [-0.2, 0) is 9.59 Å². The molecule has 0 aromatic rings. The molecule has 2 N–H and O–H groups in total. The van der Waals surface area contributed by atoms with Crippen LogP contribution in [0.25, 0.3) is 0 Å². The first-order chi connectivity index (χ1) is 12.1. The lowest BCUT2D eigenvalue weighted by Gasteiger charge is -2.03. The van der Waals surface area contributed by atoms with E-state index < -0.39 is 18.4 Å². The van der Waals surface area contributed by atoms with Crippen LogP contribution in [0.2, 0.25) is 0 Å². The van der Waals surface area contributed by atoms with Gasteiger partial charge < -0.3 is 10.2 Å². The molecule has 0 saturated carbocycles. The summed E-state index contributed by atoms with van der Waals surface area (Å²) >= 11 is 0. The first kappa shape index (κ1) is 23.7. The zero-order valence-corrected chi connectivity index (χ0v) is 16.1. The third kappa shape index (κ3) is 17.3. The molecule has 0 aliphatic carbocycles. The predicted octanol–water partition coefficient (Wildman–Crippen LogP) is 6.34. The molecule has 0 saturated heterocycles. The summed E-state index contributed by atoms with van der Waals surface area (Å²) in [4.78, 5) is 21.5. The van der Waals surface area contributed by atoms with Gasteiger partial charge in [-0.2, -0.15) is 0 Å². The fraction of sp³-hybridized carbons (Fsp3) is 0.810. The second kappa shape index (κ2) is 17.5. The first-order valence-electron chi connectivity index (χ1n) is 10.2. The molecule has 4 heteroatoms. The molecular formula is C21H38O4. The van der Waals surface area contributed by atoms with Gasteiger partial charge in [-0.3, -0.25) is 4.79 Å². The number of carbonyl (C=O) groups is 2. The highest BCUT2D eigenvalue weighted by molar-refractivity contribution is 5.91. The van der Waals surface area contributed by atoms with Crippen LogP contribution < -0.4 is 0 Å². The average molecular weight is 355 g/mol. The molecule has 0 amide bonds. The normalized spacial score (nSPS) is 11.6. The second-order valence-corrected chi connectivity index (χ2v) is 6.99. The van der Waals surface area contributed by atoms with Gasteiger partial charge in [-0.15, -0.1) is 0 Å². The van der Waals surface area contributed by atoms with Gasteiger partial charge in [0, 0.05) is 5.57 Å². The highest BCUT2D eigenvalue weighted by Crippen LogP contribution is 2.14. The second-order valence-electron chi connectivity index (χ2n) is 6.99. The molecule has 0 radical (unpaired) electrons. The zero-order valence-electron chi connectivity index (χ0n) is 16.1. The van der Waals surface area contributed by atoms with Gasteiger partial charge in [0.1, 0.15) is 0 Å². The summed E-state index contributed by atoms with van der Waals surface area (Å²) in [6, 6.07) is 0. The minimum atomic E-state index is -1.12. The lowest BCUT2D eigenvalue weighted by molar-refractivity contribution is -0.139. The quantitative estimate of drug-likeness (QED) is 0.222. The molecule has 25 heavy (non-hydrogen) atoms. The molecule has 0 aliphatic heterocycles. The number of hydrogen-bond donors (Lipinski definition) is 2. The van der Waals surface area contributed by atoms with Gasteiger partial charge >= 0.3 is 11.9 Å². The van der Waals surface area contributed by atoms with Crippen LogP contribution in [0.4, 0.5) is 0 Å². The molecule has 4 nitrogen and oxygen atoms in total. The van der Waals surface area contributed by atoms with Crippen LogP contribution in [-0.4, -0.2) is 22.2 Å². The van der Waals surface area contributed by atoms with Gasteiger partial charge in [0.25, 0.3) is 0 Å². The molecule has 0 bridgehead atoms. The largest absolute Gasteiger partial charge is 0.481 e. The Morgan fingerprint density at radius 3 is 1.44 bits per heavy atom. The lowest BCUT2D eigenvalue weighted by atomic mass is 10.0. The van der Waals surface area contributed by atoms with Gasteiger partial charge in [-0.05, 0) is 12.8 Å². The van der Waals surface area contributed by atoms with Crippen LogP contribution >= 0.6 is 0 Å². The Morgan fingerprint density at radius 1 is 0.680 bits per heavy atom. The van der Waals surface area contributed by atoms with Gasteiger partial charge in [-0.1, -0.05) is 96.5 Å². The Morgan fingerprint density at radius 2 is 1.08 bits per heavy atom. The van der Waals surface area contributed by atoms with Gasteiger partial charge in [0.05, 0.1) is 6.42 Å². The predicted molar refractivity (Wildman–Crippen MR) is 103 cm³/mol. The van der Waals surface area contributed by atoms with E-state index in [0.29, 0.717) is 6.42 Å². The number of unbranched alkanes of at least 4 members (excludes halogenated alkanes) is 14. The Hall–Kier alpha value is -1.32. The minimum Gasteiger partial charge on any atom is -0.481 e. The van der Waals surface area contributed by atoms with Gasteiger partial charge in [-0.25, -0.2) is 4.79 Å². The van der Waals surface area contributed by atoms with Crippen molar-refractivity contribution in [2.45, 2.75) is 110 Å². The first-order valence-corrected chi connectivity index (χ1v) is 10.2. The summed E-state index contributed by atoms with van der Waals surface area (Å²) in [5, 5.41) is 17.6. The van der Waals surface area contributed by atoms with Crippen molar-refractivity contribution >= 4 is 11.9 Å². The topological polar surface area (TPSA) is 74.6 Å². The number of aliphatic carboxylic acids is 2. The fourth-order valence-electron chi connectivity index (χ4n) is 3.01. The zero-order chi connectivity index (χ0) is 18.8. The molecule has 0 unspecified atom stereocenters. The summed E-state index contributed by atoms with van der Waals surface area (Å²) < 4.78 is 0. The summed E-state index contributed by atoms with van der Waals surface area (Å²) in [5.41, 5.74) is 0.00203. The Kier molecular flexibility index (Phi) is 16.6. The van der Waals surface area contributed by atoms with Crippen molar-refractivity contribution in [1.82, 2.24) is 0 Å². The summed E-state index contributed by atoms with van der Waals surface area (Å²) in [7, 11) is 0. The van der Waals surface area contributed by atoms with E-state index in [1.54, 1.807) is 6.08 Å². The van der Waals surface area contributed by atoms with Crippen molar-refractivity contribution in [1.29, 1.82) is 0 Å². The van der Waals surface area contributed by atoms with Crippen LogP contribution in [0.5, 0.6) is 0 Å². The number of carboxylic acids is 2. The van der Waals surface area contributed by atoms with E-state index in [1.807, 2.05) is 0 Å². The molecule has 0 rings (SSSR count). The minimum absolute atomic E-state index is 0.00203. The molecule has 0 atom stereocenters. The van der Waals surface area contributed by atoms with E-state index in [2.05, 4.69) is 6.92 Å². The molecular weight excluding hydrogens is 316 g/mol. The SMILES string of the molecule is CCCCCCCCCCCCCCCCC=C(CC(=O)O)C(=O)O. The van der Waals surface area contributed by atoms with Crippen LogP contribution in [0.1, 0.15) is 110 Å². The van der Waals surface area contributed by atoms with Crippen LogP contribution in [0.15, 0.2) is 11.6 Å². The lowest BCUT2D eigenvalue weighted by Crippen LogP contribution is -2.06. The molecule has 0 fully saturated rings. The summed E-state index contributed by atoms with van der Waals surface area (Å²) in [6.07, 6.45) is 19.9. The van der Waals surface area contributed by atoms with Gasteiger partial charge in [0.15, 0.2) is 0 Å². The van der Waals surface area contributed by atoms with Crippen molar-refractivity contribution in [2.24, 2.45) is 0 Å². The van der Waals surface area contributed by atoms with E-state index in [4.69, 9.17) is 10.2 Å². The van der Waals surface area contributed by atoms with E-state index >= 15 is 0 Å². The van der Waals surface area contributed by atoms with Crippen molar-refractivity contribution in [3.05, 3.63) is 11.6 Å². The van der Waals surface area contributed by atoms with E-state index in [1.165, 1.54) is 77.0 Å². The van der Waals surface area contributed by atoms with Crippen molar-refractivity contribution in [3.63, 3.8) is 0 Å². The molecule has 0 aliphatic rings.